The van der Waals surface area contributed by atoms with E-state index in [1.807, 2.05) is 19.2 Å². The summed E-state index contributed by atoms with van der Waals surface area (Å²) in [5.74, 6) is -0.874. The molecule has 1 amide bonds. The molecule has 2 N–H and O–H groups in total. The number of amides is 1. The van der Waals surface area contributed by atoms with Crippen LogP contribution in [-0.4, -0.2) is 65.2 Å². The van der Waals surface area contributed by atoms with Gasteiger partial charge >= 0.3 is 5.97 Å². The number of benzene rings is 1. The van der Waals surface area contributed by atoms with Crippen LogP contribution in [0.4, 0.5) is 0 Å². The third-order valence-electron chi connectivity index (χ3n) is 10.3. The number of para-hydroxylation sites is 1. The summed E-state index contributed by atoms with van der Waals surface area (Å²) < 4.78 is 30.4. The van der Waals surface area contributed by atoms with Gasteiger partial charge in [-0.25, -0.2) is 17.9 Å². The summed E-state index contributed by atoms with van der Waals surface area (Å²) in [7, 11) is -1.71. The second kappa shape index (κ2) is 11.2. The molecule has 0 saturated heterocycles. The molecular formula is C34H42N4O5S. The first-order valence-electron chi connectivity index (χ1n) is 16.2. The summed E-state index contributed by atoms with van der Waals surface area (Å²) in [4.78, 5) is 30.6. The standard InChI is InChI=1S/C34H42N4O5S/c1-3-36(2)20-27-24-11-7-12-26-30(24)38(32(27)33(39)35-44(42,43)23-14-15-23)18-8-17-37-28-19-22(34(40)41)13-16-25(28)29(31(26)37)21-9-5-4-6-10-21/h7,11-13,19,21,23,25H,3-6,8-10,14-18,20H2,1-2H3,(H,35,39)(H,40,41). The summed E-state index contributed by atoms with van der Waals surface area (Å²) in [6.07, 6.45) is 12.2. The fraction of sp³-hybridized carbons (Fsp3) is 0.529. The maximum absolute atomic E-state index is 14.0. The first kappa shape index (κ1) is 29.3. The van der Waals surface area contributed by atoms with E-state index in [0.717, 1.165) is 53.5 Å². The number of carbonyl (C=O) groups is 2. The third kappa shape index (κ3) is 4.90. The first-order chi connectivity index (χ1) is 21.2. The second-order valence-corrected chi connectivity index (χ2v) is 15.1. The van der Waals surface area contributed by atoms with E-state index in [1.54, 1.807) is 0 Å². The number of rotatable bonds is 8. The molecule has 10 heteroatoms. The quantitative estimate of drug-likeness (QED) is 0.416. The zero-order chi connectivity index (χ0) is 30.7. The monoisotopic (exact) mass is 618 g/mol. The minimum absolute atomic E-state index is 0.144. The maximum Gasteiger partial charge on any atom is 0.335 e. The largest absolute Gasteiger partial charge is 0.478 e. The number of carboxylic acid groups (broad SMARTS) is 1. The highest BCUT2D eigenvalue weighted by Gasteiger charge is 2.43. The number of carboxylic acids is 1. The van der Waals surface area contributed by atoms with Gasteiger partial charge in [0.25, 0.3) is 5.91 Å². The van der Waals surface area contributed by atoms with Crippen molar-refractivity contribution in [2.24, 2.45) is 11.8 Å². The van der Waals surface area contributed by atoms with Crippen LogP contribution in [0.15, 0.2) is 47.2 Å². The van der Waals surface area contributed by atoms with Crippen LogP contribution in [0.1, 0.15) is 86.3 Å². The molecule has 1 unspecified atom stereocenters. The van der Waals surface area contributed by atoms with Gasteiger partial charge in [0.1, 0.15) is 5.69 Å². The third-order valence-corrected chi connectivity index (χ3v) is 12.2. The summed E-state index contributed by atoms with van der Waals surface area (Å²) in [5, 5.41) is 10.4. The molecule has 2 fully saturated rings. The number of fused-ring (bicyclic) bond motifs is 4. The SMILES string of the molecule is CCN(C)Cc1c(C(=O)NS(=O)(=O)C2CC2)n2c3c(cccc13)C1=C(C3CCCCC3)C3CC=C(C(=O)O)C=C3N1CCC2. The van der Waals surface area contributed by atoms with Gasteiger partial charge in [-0.15, -0.1) is 0 Å². The van der Waals surface area contributed by atoms with Crippen LogP contribution in [-0.2, 0) is 27.9 Å². The van der Waals surface area contributed by atoms with Crippen LogP contribution in [0.2, 0.25) is 0 Å². The van der Waals surface area contributed by atoms with Gasteiger partial charge in [0, 0.05) is 47.8 Å². The molecule has 0 radical (unpaired) electrons. The van der Waals surface area contributed by atoms with Gasteiger partial charge in [-0.2, -0.15) is 0 Å². The van der Waals surface area contributed by atoms with Crippen molar-refractivity contribution in [3.63, 3.8) is 0 Å². The summed E-state index contributed by atoms with van der Waals surface area (Å²) in [6.45, 7) is 4.63. The van der Waals surface area contributed by atoms with E-state index >= 15 is 0 Å². The van der Waals surface area contributed by atoms with Gasteiger partial charge in [0.2, 0.25) is 10.0 Å². The second-order valence-electron chi connectivity index (χ2n) is 13.2. The highest BCUT2D eigenvalue weighted by Crippen LogP contribution is 2.53. The smallest absolute Gasteiger partial charge is 0.335 e. The van der Waals surface area contributed by atoms with Gasteiger partial charge in [0.05, 0.1) is 22.0 Å². The molecule has 2 saturated carbocycles. The summed E-state index contributed by atoms with van der Waals surface area (Å²) >= 11 is 0. The lowest BCUT2D eigenvalue weighted by atomic mass is 9.75. The summed E-state index contributed by atoms with van der Waals surface area (Å²) in [6, 6.07) is 6.27. The molecule has 1 aromatic carbocycles. The van der Waals surface area contributed by atoms with Crippen molar-refractivity contribution >= 4 is 38.5 Å². The molecule has 3 heterocycles. The van der Waals surface area contributed by atoms with Gasteiger partial charge in [-0.1, -0.05) is 50.5 Å². The lowest BCUT2D eigenvalue weighted by Crippen LogP contribution is -2.36. The van der Waals surface area contributed by atoms with Gasteiger partial charge in [-0.05, 0) is 69.7 Å². The average Bonchev–Trinajstić information content (AvgIpc) is 3.77. The Morgan fingerprint density at radius 3 is 2.55 bits per heavy atom. The van der Waals surface area contributed by atoms with Gasteiger partial charge in [-0.3, -0.25) is 4.79 Å². The van der Waals surface area contributed by atoms with Crippen LogP contribution in [0.5, 0.6) is 0 Å². The van der Waals surface area contributed by atoms with Crippen LogP contribution in [0.3, 0.4) is 0 Å². The van der Waals surface area contributed by atoms with E-state index in [9.17, 15) is 23.1 Å². The number of hydrogen-bond donors (Lipinski definition) is 2. The molecule has 2 aromatic rings. The Labute approximate surface area is 259 Å². The molecule has 44 heavy (non-hydrogen) atoms. The number of sulfonamides is 1. The lowest BCUT2D eigenvalue weighted by Gasteiger charge is -2.30. The van der Waals surface area contributed by atoms with E-state index in [0.29, 0.717) is 56.1 Å². The maximum atomic E-state index is 14.0. The number of aryl methyl sites for hydroxylation is 1. The number of allylic oxidation sites excluding steroid dienone is 2. The zero-order valence-corrected chi connectivity index (χ0v) is 26.5. The molecule has 1 atom stereocenters. The van der Waals surface area contributed by atoms with Crippen molar-refractivity contribution < 1.29 is 23.1 Å². The Morgan fingerprint density at radius 2 is 1.84 bits per heavy atom. The van der Waals surface area contributed by atoms with Crippen molar-refractivity contribution in [2.45, 2.75) is 83.1 Å². The van der Waals surface area contributed by atoms with Crippen LogP contribution < -0.4 is 4.72 Å². The van der Waals surface area contributed by atoms with Gasteiger partial charge in [0.15, 0.2) is 0 Å². The van der Waals surface area contributed by atoms with Crippen molar-refractivity contribution in [3.8, 4) is 0 Å². The van der Waals surface area contributed by atoms with Gasteiger partial charge < -0.3 is 19.5 Å². The number of carbonyl (C=O) groups excluding carboxylic acids is 1. The predicted octanol–water partition coefficient (Wildman–Crippen LogP) is 5.24. The normalized spacial score (nSPS) is 22.3. The van der Waals surface area contributed by atoms with E-state index < -0.39 is 27.1 Å². The molecule has 3 aliphatic carbocycles. The molecule has 7 rings (SSSR count). The number of hydrogen-bond acceptors (Lipinski definition) is 6. The van der Waals surface area contributed by atoms with Crippen molar-refractivity contribution in [1.82, 2.24) is 19.1 Å². The molecule has 234 valence electrons. The lowest BCUT2D eigenvalue weighted by molar-refractivity contribution is -0.132. The zero-order valence-electron chi connectivity index (χ0n) is 25.6. The molecule has 2 aliphatic heterocycles. The van der Waals surface area contributed by atoms with Crippen molar-refractivity contribution in [2.75, 3.05) is 20.1 Å². The van der Waals surface area contributed by atoms with E-state index in [-0.39, 0.29) is 5.92 Å². The predicted molar refractivity (Wildman–Crippen MR) is 170 cm³/mol. The molecular weight excluding hydrogens is 576 g/mol. The van der Waals surface area contributed by atoms with Crippen molar-refractivity contribution in [1.29, 1.82) is 0 Å². The molecule has 0 spiro atoms. The molecule has 9 nitrogen and oxygen atoms in total. The number of nitrogens with zero attached hydrogens (tertiary/aromatic N) is 3. The minimum Gasteiger partial charge on any atom is -0.478 e. The Hall–Kier alpha value is -3.37. The topological polar surface area (TPSA) is 112 Å². The number of aromatic nitrogens is 1. The highest BCUT2D eigenvalue weighted by molar-refractivity contribution is 7.91. The highest BCUT2D eigenvalue weighted by atomic mass is 32.2. The van der Waals surface area contributed by atoms with E-state index in [4.69, 9.17) is 0 Å². The average molecular weight is 619 g/mol. The fourth-order valence-corrected chi connectivity index (χ4v) is 9.27. The fourth-order valence-electron chi connectivity index (χ4n) is 7.99. The minimum atomic E-state index is -3.73. The van der Waals surface area contributed by atoms with Crippen molar-refractivity contribution in [3.05, 3.63) is 64.0 Å². The number of nitrogens with one attached hydrogen (secondary N) is 1. The molecule has 5 aliphatic rings. The Kier molecular flexibility index (Phi) is 7.48. The van der Waals surface area contributed by atoms with Crippen LogP contribution in [0, 0.1) is 11.8 Å². The Morgan fingerprint density at radius 1 is 1.07 bits per heavy atom. The first-order valence-corrected chi connectivity index (χ1v) is 17.8. The number of aliphatic carboxylic acids is 1. The Balaban J connectivity index is 1.46. The Bertz CT molecular complexity index is 1740. The van der Waals surface area contributed by atoms with E-state index in [1.165, 1.54) is 30.5 Å². The molecule has 0 bridgehead atoms. The van der Waals surface area contributed by atoms with Crippen LogP contribution >= 0.6 is 0 Å². The molecule has 1 aromatic heterocycles. The van der Waals surface area contributed by atoms with Crippen LogP contribution in [0.25, 0.3) is 16.6 Å². The van der Waals surface area contributed by atoms with E-state index in [2.05, 4.69) is 44.2 Å². The summed E-state index contributed by atoms with van der Waals surface area (Å²) in [5.41, 5.74) is 7.33.